The van der Waals surface area contributed by atoms with Crippen LogP contribution in [0.1, 0.15) is 29.3 Å². The Balaban J connectivity index is 2.07. The lowest BCUT2D eigenvalue weighted by molar-refractivity contribution is -0.117. The van der Waals surface area contributed by atoms with Crippen molar-refractivity contribution in [2.24, 2.45) is 0 Å². The van der Waals surface area contributed by atoms with Gasteiger partial charge >= 0.3 is 5.97 Å². The normalized spacial score (nSPS) is 10.1. The van der Waals surface area contributed by atoms with Crippen LogP contribution in [0.25, 0.3) is 0 Å². The van der Waals surface area contributed by atoms with E-state index in [0.29, 0.717) is 5.69 Å². The van der Waals surface area contributed by atoms with Crippen molar-refractivity contribution >= 4 is 29.2 Å². The molecule has 1 N–H and O–H groups in total. The predicted octanol–water partition coefficient (Wildman–Crippen LogP) is 3.16. The molecule has 26 heavy (non-hydrogen) atoms. The maximum absolute atomic E-state index is 12.3. The molecule has 2 rings (SSSR count). The Morgan fingerprint density at radius 3 is 2.35 bits per heavy atom. The first-order valence-electron chi connectivity index (χ1n) is 8.25. The van der Waals surface area contributed by atoms with Gasteiger partial charge in [0.05, 0.1) is 18.4 Å². The Kier molecular flexibility index (Phi) is 6.49. The summed E-state index contributed by atoms with van der Waals surface area (Å²) in [5.74, 6) is -0.950. The maximum atomic E-state index is 12.3. The van der Waals surface area contributed by atoms with Gasteiger partial charge in [0, 0.05) is 25.6 Å². The van der Waals surface area contributed by atoms with Gasteiger partial charge in [0.2, 0.25) is 11.8 Å². The largest absolute Gasteiger partial charge is 0.465 e. The van der Waals surface area contributed by atoms with Gasteiger partial charge in [-0.05, 0) is 30.7 Å². The van der Waals surface area contributed by atoms with Crippen molar-refractivity contribution in [2.45, 2.75) is 20.3 Å². The molecule has 0 aliphatic heterocycles. The minimum Gasteiger partial charge on any atom is -0.465 e. The van der Waals surface area contributed by atoms with Gasteiger partial charge in [0.15, 0.2) is 0 Å². The molecule has 0 aliphatic rings. The monoisotopic (exact) mass is 354 g/mol. The summed E-state index contributed by atoms with van der Waals surface area (Å²) in [5.41, 5.74) is 2.40. The lowest BCUT2D eigenvalue weighted by Gasteiger charge is -2.23. The summed E-state index contributed by atoms with van der Waals surface area (Å²) in [5, 5.41) is 2.71. The lowest BCUT2D eigenvalue weighted by Crippen LogP contribution is -2.32. The molecule has 6 heteroatoms. The number of nitrogens with one attached hydrogen (secondary N) is 1. The summed E-state index contributed by atoms with van der Waals surface area (Å²) >= 11 is 0. The van der Waals surface area contributed by atoms with E-state index in [9.17, 15) is 14.4 Å². The molecule has 0 saturated carbocycles. The van der Waals surface area contributed by atoms with Gasteiger partial charge < -0.3 is 15.0 Å². The molecular formula is C20H22N2O4. The summed E-state index contributed by atoms with van der Waals surface area (Å²) in [6.07, 6.45) is 0.101. The number of amides is 2. The van der Waals surface area contributed by atoms with Crippen LogP contribution in [0.15, 0.2) is 48.5 Å². The minimum atomic E-state index is -0.522. The van der Waals surface area contributed by atoms with Gasteiger partial charge in [-0.15, -0.1) is 0 Å². The molecule has 0 atom stereocenters. The second-order valence-electron chi connectivity index (χ2n) is 5.79. The zero-order chi connectivity index (χ0) is 19.1. The van der Waals surface area contributed by atoms with E-state index in [1.807, 2.05) is 31.2 Å². The van der Waals surface area contributed by atoms with Crippen molar-refractivity contribution in [1.82, 2.24) is 0 Å². The first kappa shape index (κ1) is 19.2. The van der Waals surface area contributed by atoms with E-state index in [2.05, 4.69) is 5.32 Å². The number of aryl methyl sites for hydroxylation is 1. The summed E-state index contributed by atoms with van der Waals surface area (Å²) in [6, 6.07) is 14.1. The molecule has 0 unspecified atom stereocenters. The zero-order valence-electron chi connectivity index (χ0n) is 15.1. The average molecular weight is 354 g/mol. The Hall–Kier alpha value is -3.15. The zero-order valence-corrected chi connectivity index (χ0v) is 15.1. The second kappa shape index (κ2) is 8.80. The molecule has 136 valence electrons. The van der Waals surface area contributed by atoms with Gasteiger partial charge in [0.1, 0.15) is 0 Å². The minimum absolute atomic E-state index is 0.101. The fourth-order valence-electron chi connectivity index (χ4n) is 2.62. The van der Waals surface area contributed by atoms with E-state index < -0.39 is 5.97 Å². The second-order valence-corrected chi connectivity index (χ2v) is 5.79. The topological polar surface area (TPSA) is 75.7 Å². The molecule has 2 aromatic carbocycles. The summed E-state index contributed by atoms with van der Waals surface area (Å²) in [7, 11) is 1.29. The van der Waals surface area contributed by atoms with E-state index in [1.54, 1.807) is 29.2 Å². The summed E-state index contributed by atoms with van der Waals surface area (Å²) in [6.45, 7) is 3.63. The van der Waals surface area contributed by atoms with Crippen LogP contribution in [-0.2, 0) is 14.3 Å². The Bertz CT molecular complexity index is 817. The molecule has 0 aliphatic carbocycles. The summed E-state index contributed by atoms with van der Waals surface area (Å²) < 4.78 is 4.72. The van der Waals surface area contributed by atoms with Crippen LogP contribution in [-0.4, -0.2) is 31.4 Å². The van der Waals surface area contributed by atoms with E-state index in [1.165, 1.54) is 14.0 Å². The van der Waals surface area contributed by atoms with Crippen LogP contribution in [0.3, 0.4) is 0 Å². The molecule has 2 amide bonds. The molecule has 0 heterocycles. The van der Waals surface area contributed by atoms with E-state index in [0.717, 1.165) is 11.3 Å². The van der Waals surface area contributed by atoms with Crippen molar-refractivity contribution in [2.75, 3.05) is 23.9 Å². The van der Waals surface area contributed by atoms with Crippen molar-refractivity contribution in [3.63, 3.8) is 0 Å². The quantitative estimate of drug-likeness (QED) is 0.809. The maximum Gasteiger partial charge on any atom is 0.339 e. The Labute approximate surface area is 152 Å². The highest BCUT2D eigenvalue weighted by Gasteiger charge is 2.17. The van der Waals surface area contributed by atoms with Crippen LogP contribution in [0.5, 0.6) is 0 Å². The van der Waals surface area contributed by atoms with Crippen LogP contribution < -0.4 is 10.2 Å². The number of anilines is 2. The van der Waals surface area contributed by atoms with Crippen molar-refractivity contribution < 1.29 is 19.1 Å². The van der Waals surface area contributed by atoms with E-state index in [-0.39, 0.29) is 30.3 Å². The number of carbonyl (C=O) groups excluding carboxylic acids is 3. The highest BCUT2D eigenvalue weighted by atomic mass is 16.5. The molecule has 0 aromatic heterocycles. The molecular weight excluding hydrogens is 332 g/mol. The predicted molar refractivity (Wildman–Crippen MR) is 100 cm³/mol. The van der Waals surface area contributed by atoms with Crippen LogP contribution in [0.2, 0.25) is 0 Å². The molecule has 0 fully saturated rings. The van der Waals surface area contributed by atoms with E-state index >= 15 is 0 Å². The highest BCUT2D eigenvalue weighted by molar-refractivity contribution is 6.01. The van der Waals surface area contributed by atoms with Crippen LogP contribution in [0.4, 0.5) is 11.4 Å². The van der Waals surface area contributed by atoms with Gasteiger partial charge in [-0.3, -0.25) is 9.59 Å². The fraction of sp³-hybridized carbons (Fsp3) is 0.250. The molecule has 0 saturated heterocycles. The first-order valence-corrected chi connectivity index (χ1v) is 8.25. The number of nitrogens with zero attached hydrogens (tertiary/aromatic N) is 1. The van der Waals surface area contributed by atoms with Crippen molar-refractivity contribution in [3.8, 4) is 0 Å². The standard InChI is InChI=1S/C20H22N2O4/c1-14-8-4-7-11-18(14)22(15(2)23)13-12-19(24)21-17-10-6-5-9-16(17)20(25)26-3/h4-11H,12-13H2,1-3H3,(H,21,24). The number of carbonyl (C=O) groups is 3. The third-order valence-electron chi connectivity index (χ3n) is 3.96. The molecule has 0 spiro atoms. The Morgan fingerprint density at radius 2 is 1.69 bits per heavy atom. The SMILES string of the molecule is COC(=O)c1ccccc1NC(=O)CCN(C(C)=O)c1ccccc1C. The van der Waals surface area contributed by atoms with Gasteiger partial charge in [0.25, 0.3) is 0 Å². The number of methoxy groups -OCH3 is 1. The number of benzene rings is 2. The summed E-state index contributed by atoms with van der Waals surface area (Å²) in [4.78, 5) is 37.6. The molecule has 0 radical (unpaired) electrons. The third kappa shape index (κ3) is 4.69. The highest BCUT2D eigenvalue weighted by Crippen LogP contribution is 2.20. The van der Waals surface area contributed by atoms with Crippen molar-refractivity contribution in [1.29, 1.82) is 0 Å². The molecule has 6 nitrogen and oxygen atoms in total. The average Bonchev–Trinajstić information content (AvgIpc) is 2.63. The Morgan fingerprint density at radius 1 is 1.04 bits per heavy atom. The first-order chi connectivity index (χ1) is 12.4. The fourth-order valence-corrected chi connectivity index (χ4v) is 2.62. The molecule has 2 aromatic rings. The number of hydrogen-bond acceptors (Lipinski definition) is 4. The van der Waals surface area contributed by atoms with Gasteiger partial charge in [-0.1, -0.05) is 30.3 Å². The van der Waals surface area contributed by atoms with Crippen LogP contribution in [0, 0.1) is 6.92 Å². The number of para-hydroxylation sites is 2. The number of ether oxygens (including phenoxy) is 1. The molecule has 0 bridgehead atoms. The number of rotatable bonds is 6. The van der Waals surface area contributed by atoms with E-state index in [4.69, 9.17) is 4.74 Å². The van der Waals surface area contributed by atoms with Gasteiger partial charge in [-0.2, -0.15) is 0 Å². The van der Waals surface area contributed by atoms with Gasteiger partial charge in [-0.25, -0.2) is 4.79 Å². The number of hydrogen-bond donors (Lipinski definition) is 1. The smallest absolute Gasteiger partial charge is 0.339 e. The lowest BCUT2D eigenvalue weighted by atomic mass is 10.1. The third-order valence-corrected chi connectivity index (χ3v) is 3.96. The van der Waals surface area contributed by atoms with Crippen molar-refractivity contribution in [3.05, 3.63) is 59.7 Å². The van der Waals surface area contributed by atoms with Crippen LogP contribution >= 0.6 is 0 Å². The number of esters is 1.